The van der Waals surface area contributed by atoms with Crippen molar-refractivity contribution in [2.45, 2.75) is 80.7 Å². The smallest absolute Gasteiger partial charge is 0.389 e. The normalized spacial score (nSPS) is 15.8. The molecule has 0 aromatic carbocycles. The van der Waals surface area contributed by atoms with E-state index in [1.165, 1.54) is 6.92 Å². The van der Waals surface area contributed by atoms with E-state index >= 15 is 0 Å². The third kappa shape index (κ3) is 5.94. The molecule has 0 fully saturated rings. The maximum absolute atomic E-state index is 13.8. The second kappa shape index (κ2) is 10.1. The zero-order valence-electron chi connectivity index (χ0n) is 17.6. The van der Waals surface area contributed by atoms with Crippen LogP contribution in [0.25, 0.3) is 0 Å². The minimum absolute atomic E-state index is 0.00671. The minimum Gasteiger partial charge on any atom is -0.462 e. The van der Waals surface area contributed by atoms with Crippen LogP contribution >= 0.6 is 0 Å². The van der Waals surface area contributed by atoms with Gasteiger partial charge in [0.05, 0.1) is 6.61 Å². The summed E-state index contributed by atoms with van der Waals surface area (Å²) in [6, 6.07) is 0. The largest absolute Gasteiger partial charge is 0.462 e. The number of carbonyl (C=O) groups excluding carboxylic acids is 1. The van der Waals surface area contributed by atoms with Gasteiger partial charge in [0.25, 0.3) is 0 Å². The van der Waals surface area contributed by atoms with Gasteiger partial charge in [-0.25, -0.2) is 4.79 Å². The molecule has 0 rings (SSSR count). The zero-order valence-corrected chi connectivity index (χ0v) is 17.6. The van der Waals surface area contributed by atoms with Crippen LogP contribution in [-0.4, -0.2) is 60.2 Å². The third-order valence-electron chi connectivity index (χ3n) is 4.33. The summed E-state index contributed by atoms with van der Waals surface area (Å²) in [7, 11) is 0. The van der Waals surface area contributed by atoms with E-state index in [0.29, 0.717) is 0 Å². The molecule has 0 aliphatic carbocycles. The molecule has 36 heavy (non-hydrogen) atoms. The van der Waals surface area contributed by atoms with Crippen molar-refractivity contribution in [3.05, 3.63) is 11.6 Å². The number of halogens is 17. The van der Waals surface area contributed by atoms with Gasteiger partial charge in [-0.1, -0.05) is 6.92 Å². The first-order valence-electron chi connectivity index (χ1n) is 9.15. The Morgan fingerprint density at radius 1 is 0.639 bits per heavy atom. The SMILES string of the molecule is CCCOC(=O)C(C)=CC(F)(F)C(F)(F)C(F)(F)C(F)(F)C(F)(F)C(F)(F)C(F)(F)CCC(F)(F)F. The lowest BCUT2D eigenvalue weighted by molar-refractivity contribution is -0.438. The average molecular weight is 574 g/mol. The van der Waals surface area contributed by atoms with Gasteiger partial charge in [-0.05, 0) is 13.3 Å². The van der Waals surface area contributed by atoms with Gasteiger partial charge in [-0.3, -0.25) is 0 Å². The maximum atomic E-state index is 13.8. The van der Waals surface area contributed by atoms with Crippen LogP contribution in [0, 0.1) is 0 Å². The summed E-state index contributed by atoms with van der Waals surface area (Å²) in [5.41, 5.74) is -1.66. The lowest BCUT2D eigenvalue weighted by atomic mass is 9.88. The number of rotatable bonds is 12. The number of allylic oxidation sites excluding steroid dienone is 1. The second-order valence-corrected chi connectivity index (χ2v) is 7.28. The van der Waals surface area contributed by atoms with Gasteiger partial charge in [0.15, 0.2) is 0 Å². The van der Waals surface area contributed by atoms with Gasteiger partial charge in [-0.2, -0.15) is 74.6 Å². The summed E-state index contributed by atoms with van der Waals surface area (Å²) in [6.07, 6.45) is -13.6. The molecular weight excluding hydrogens is 559 g/mol. The summed E-state index contributed by atoms with van der Waals surface area (Å²) < 4.78 is 231. The molecule has 2 nitrogen and oxygen atoms in total. The van der Waals surface area contributed by atoms with Crippen LogP contribution in [0.2, 0.25) is 0 Å². The van der Waals surface area contributed by atoms with Gasteiger partial charge >= 0.3 is 53.6 Å². The zero-order chi connectivity index (χ0) is 29.4. The number of ether oxygens (including phenoxy) is 1. The fourth-order valence-electron chi connectivity index (χ4n) is 2.22. The lowest BCUT2D eigenvalue weighted by Gasteiger charge is -2.42. The van der Waals surface area contributed by atoms with E-state index in [1.807, 2.05) is 0 Å². The molecular formula is C17H15F17O2. The first-order chi connectivity index (χ1) is 15.6. The van der Waals surface area contributed by atoms with Crippen LogP contribution in [-0.2, 0) is 9.53 Å². The van der Waals surface area contributed by atoms with E-state index in [1.54, 1.807) is 0 Å². The van der Waals surface area contributed by atoms with Crippen molar-refractivity contribution in [1.29, 1.82) is 0 Å². The van der Waals surface area contributed by atoms with Crippen LogP contribution in [0.15, 0.2) is 11.6 Å². The van der Waals surface area contributed by atoms with Crippen molar-refractivity contribution >= 4 is 5.97 Å². The highest BCUT2D eigenvalue weighted by Crippen LogP contribution is 2.63. The fraction of sp³-hybridized carbons (Fsp3) is 0.824. The molecule has 0 aliphatic rings. The Morgan fingerprint density at radius 3 is 1.42 bits per heavy atom. The van der Waals surface area contributed by atoms with E-state index in [9.17, 15) is 79.4 Å². The summed E-state index contributed by atoms with van der Waals surface area (Å²) in [5.74, 6) is -56.1. The van der Waals surface area contributed by atoms with Gasteiger partial charge < -0.3 is 4.74 Å². The molecule has 0 aliphatic heterocycles. The lowest BCUT2D eigenvalue weighted by Crippen LogP contribution is -2.72. The highest BCUT2D eigenvalue weighted by Gasteiger charge is 2.92. The topological polar surface area (TPSA) is 26.3 Å². The molecule has 19 heteroatoms. The monoisotopic (exact) mass is 574 g/mol. The summed E-state index contributed by atoms with van der Waals surface area (Å²) in [4.78, 5) is 11.3. The molecule has 0 saturated carbocycles. The molecule has 0 bridgehead atoms. The van der Waals surface area contributed by atoms with E-state index in [-0.39, 0.29) is 13.3 Å². The molecule has 0 radical (unpaired) electrons. The number of hydrogen-bond donors (Lipinski definition) is 0. The molecule has 0 saturated heterocycles. The Morgan fingerprint density at radius 2 is 1.03 bits per heavy atom. The molecule has 0 aromatic rings. The van der Waals surface area contributed by atoms with Crippen LogP contribution in [0.1, 0.15) is 33.1 Å². The second-order valence-electron chi connectivity index (χ2n) is 7.28. The van der Waals surface area contributed by atoms with Crippen molar-refractivity contribution in [2.24, 2.45) is 0 Å². The van der Waals surface area contributed by atoms with Gasteiger partial charge in [-0.15, -0.1) is 0 Å². The first-order valence-corrected chi connectivity index (χ1v) is 9.15. The van der Waals surface area contributed by atoms with Crippen LogP contribution in [0.4, 0.5) is 74.6 Å². The standard InChI is InChI=1S/C17H15F17O2/c1-3-6-36-9(35)8(2)7-11(20,21)14(27,28)16(31,32)17(33,34)15(29,30)13(25,26)10(18,19)4-5-12(22,23)24/h7H,3-6H2,1-2H3. The molecule has 214 valence electrons. The van der Waals surface area contributed by atoms with Crippen LogP contribution in [0.5, 0.6) is 0 Å². The van der Waals surface area contributed by atoms with Crippen molar-refractivity contribution in [2.75, 3.05) is 6.61 Å². The van der Waals surface area contributed by atoms with E-state index < -0.39 is 84.7 Å². The van der Waals surface area contributed by atoms with Crippen molar-refractivity contribution < 1.29 is 84.2 Å². The first kappa shape index (κ1) is 34.0. The number of esters is 1. The van der Waals surface area contributed by atoms with Crippen molar-refractivity contribution in [3.63, 3.8) is 0 Å². The maximum Gasteiger partial charge on any atom is 0.389 e. The minimum atomic E-state index is -8.43. The predicted octanol–water partition coefficient (Wildman–Crippen LogP) is 7.68. The Balaban J connectivity index is 6.54. The molecule has 0 spiro atoms. The molecule has 0 N–H and O–H groups in total. The van der Waals surface area contributed by atoms with E-state index in [0.717, 1.165) is 0 Å². The van der Waals surface area contributed by atoms with Crippen molar-refractivity contribution in [3.8, 4) is 0 Å². The van der Waals surface area contributed by atoms with E-state index in [2.05, 4.69) is 4.74 Å². The molecule has 0 heterocycles. The highest BCUT2D eigenvalue weighted by atomic mass is 19.4. The predicted molar refractivity (Wildman–Crippen MR) is 84.9 cm³/mol. The number of carbonyl (C=O) groups is 1. The molecule has 0 amide bonds. The quantitative estimate of drug-likeness (QED) is 0.136. The Labute approximate surface area is 190 Å². The Bertz CT molecular complexity index is 810. The summed E-state index contributed by atoms with van der Waals surface area (Å²) in [5, 5.41) is 0. The molecule has 0 atom stereocenters. The number of hydrogen-bond acceptors (Lipinski definition) is 2. The van der Waals surface area contributed by atoms with Gasteiger partial charge in [0, 0.05) is 24.5 Å². The fourth-order valence-corrected chi connectivity index (χ4v) is 2.22. The molecule has 0 unspecified atom stereocenters. The van der Waals surface area contributed by atoms with E-state index in [4.69, 9.17) is 0 Å². The van der Waals surface area contributed by atoms with Crippen LogP contribution in [0.3, 0.4) is 0 Å². The summed E-state index contributed by atoms with van der Waals surface area (Å²) in [6.45, 7) is 0.979. The third-order valence-corrected chi connectivity index (χ3v) is 4.33. The highest BCUT2D eigenvalue weighted by molar-refractivity contribution is 5.87. The Hall–Kier alpha value is -1.98. The van der Waals surface area contributed by atoms with Gasteiger partial charge in [0.2, 0.25) is 0 Å². The van der Waals surface area contributed by atoms with Gasteiger partial charge in [0.1, 0.15) is 0 Å². The van der Waals surface area contributed by atoms with Crippen LogP contribution < -0.4 is 0 Å². The number of alkyl halides is 17. The summed E-state index contributed by atoms with van der Waals surface area (Å²) >= 11 is 0. The average Bonchev–Trinajstić information content (AvgIpc) is 2.68. The Kier molecular flexibility index (Phi) is 9.50. The van der Waals surface area contributed by atoms with Crippen molar-refractivity contribution in [1.82, 2.24) is 0 Å². The molecule has 0 aromatic heterocycles.